The minimum absolute atomic E-state index is 0.0555. The fourth-order valence-corrected chi connectivity index (χ4v) is 6.92. The number of hydrogen-bond donors (Lipinski definition) is 0. The predicted molar refractivity (Wildman–Crippen MR) is 123 cm³/mol. The molecule has 0 bridgehead atoms. The Morgan fingerprint density at radius 1 is 1.03 bits per heavy atom. The molecule has 2 aliphatic rings. The molecule has 2 saturated heterocycles. The van der Waals surface area contributed by atoms with E-state index in [0.717, 1.165) is 11.1 Å². The Kier molecular flexibility index (Phi) is 5.50. The van der Waals surface area contributed by atoms with E-state index in [-0.39, 0.29) is 9.93 Å². The lowest BCUT2D eigenvalue weighted by atomic mass is 10.1. The highest BCUT2D eigenvalue weighted by atomic mass is 32.2. The van der Waals surface area contributed by atoms with Crippen LogP contribution in [0.25, 0.3) is 0 Å². The molecule has 0 aliphatic carbocycles. The zero-order valence-corrected chi connectivity index (χ0v) is 20.9. The van der Waals surface area contributed by atoms with E-state index in [1.54, 1.807) is 12.1 Å². The van der Waals surface area contributed by atoms with Crippen LogP contribution in [0, 0.1) is 6.92 Å². The average molecular weight is 461 g/mol. The Balaban J connectivity index is 1.67. The first-order chi connectivity index (χ1) is 14.4. The molecule has 31 heavy (non-hydrogen) atoms. The molecule has 0 unspecified atom stereocenters. The summed E-state index contributed by atoms with van der Waals surface area (Å²) in [5.41, 5.74) is 1.81. The Morgan fingerprint density at radius 3 is 2.23 bits per heavy atom. The van der Waals surface area contributed by atoms with Crippen LogP contribution < -0.4 is 0 Å². The van der Waals surface area contributed by atoms with Gasteiger partial charge in [-0.05, 0) is 42.8 Å². The highest BCUT2D eigenvalue weighted by Gasteiger charge is 2.79. The van der Waals surface area contributed by atoms with Crippen molar-refractivity contribution in [2.45, 2.75) is 74.0 Å². The molecule has 7 heteroatoms. The fourth-order valence-electron chi connectivity index (χ4n) is 3.88. The molecule has 0 radical (unpaired) electrons. The van der Waals surface area contributed by atoms with Gasteiger partial charge < -0.3 is 13.9 Å². The molecule has 0 saturated carbocycles. The van der Waals surface area contributed by atoms with Crippen molar-refractivity contribution >= 4 is 18.2 Å². The quantitative estimate of drug-likeness (QED) is 0.447. The van der Waals surface area contributed by atoms with Crippen LogP contribution in [0.2, 0.25) is 18.1 Å². The normalized spacial score (nSPS) is 28.4. The fraction of sp³-hybridized carbons (Fsp3) is 0.500. The highest BCUT2D eigenvalue weighted by molar-refractivity contribution is 7.93. The van der Waals surface area contributed by atoms with Gasteiger partial charge in [-0.25, -0.2) is 8.42 Å². The van der Waals surface area contributed by atoms with Gasteiger partial charge in [-0.3, -0.25) is 0 Å². The molecule has 0 N–H and O–H groups in total. The summed E-state index contributed by atoms with van der Waals surface area (Å²) >= 11 is 0. The predicted octanol–water partition coefficient (Wildman–Crippen LogP) is 5.03. The van der Waals surface area contributed by atoms with E-state index in [2.05, 4.69) is 33.9 Å². The van der Waals surface area contributed by atoms with E-state index in [4.69, 9.17) is 13.9 Å². The molecular formula is C24H32O5SSi. The number of sulfone groups is 1. The Labute approximate surface area is 186 Å². The summed E-state index contributed by atoms with van der Waals surface area (Å²) < 4.78 is 46.3. The molecule has 4 rings (SSSR count). The van der Waals surface area contributed by atoms with E-state index < -0.39 is 41.4 Å². The zero-order chi connectivity index (χ0) is 22.7. The van der Waals surface area contributed by atoms with E-state index >= 15 is 0 Å². The number of aryl methyl sites for hydroxylation is 1. The Morgan fingerprint density at radius 2 is 1.65 bits per heavy atom. The highest BCUT2D eigenvalue weighted by Crippen LogP contribution is 2.61. The van der Waals surface area contributed by atoms with Gasteiger partial charge in [0.25, 0.3) is 0 Å². The van der Waals surface area contributed by atoms with E-state index in [1.165, 1.54) is 0 Å². The lowest BCUT2D eigenvalue weighted by Gasteiger charge is -2.37. The molecular weight excluding hydrogens is 428 g/mol. The molecule has 0 aromatic heterocycles. The van der Waals surface area contributed by atoms with Gasteiger partial charge in [-0.15, -0.1) is 0 Å². The second-order valence-electron chi connectivity index (χ2n) is 10.1. The van der Waals surface area contributed by atoms with Crippen LogP contribution in [0.3, 0.4) is 0 Å². The Hall–Kier alpha value is -1.51. The number of benzene rings is 2. The summed E-state index contributed by atoms with van der Waals surface area (Å²) in [5.74, 6) is 0. The van der Waals surface area contributed by atoms with Gasteiger partial charge in [-0.1, -0.05) is 68.8 Å². The first kappa shape index (κ1) is 22.7. The maximum atomic E-state index is 13.8. The van der Waals surface area contributed by atoms with Gasteiger partial charge in [0.05, 0.1) is 11.5 Å². The maximum Gasteiger partial charge on any atom is 0.233 e. The molecule has 2 heterocycles. The third kappa shape index (κ3) is 3.70. The number of hydrogen-bond acceptors (Lipinski definition) is 5. The lowest BCUT2D eigenvalue weighted by molar-refractivity contribution is -0.0567. The summed E-state index contributed by atoms with van der Waals surface area (Å²) in [6, 6.07) is 16.4. The molecule has 0 spiro atoms. The first-order valence-electron chi connectivity index (χ1n) is 10.7. The van der Waals surface area contributed by atoms with Crippen molar-refractivity contribution in [3.63, 3.8) is 0 Å². The van der Waals surface area contributed by atoms with Crippen LogP contribution in [-0.4, -0.2) is 40.5 Å². The summed E-state index contributed by atoms with van der Waals surface area (Å²) in [5, 5.41) is 0.0555. The van der Waals surface area contributed by atoms with Crippen LogP contribution in [0.1, 0.15) is 38.0 Å². The van der Waals surface area contributed by atoms with Crippen LogP contribution in [0.5, 0.6) is 0 Å². The van der Waals surface area contributed by atoms with Gasteiger partial charge in [0.15, 0.2) is 8.32 Å². The molecule has 2 aromatic rings. The molecule has 5 nitrogen and oxygen atoms in total. The summed E-state index contributed by atoms with van der Waals surface area (Å²) in [7, 11) is -5.80. The molecule has 2 aromatic carbocycles. The monoisotopic (exact) mass is 460 g/mol. The van der Waals surface area contributed by atoms with E-state index in [1.807, 2.05) is 49.4 Å². The van der Waals surface area contributed by atoms with Crippen molar-refractivity contribution in [1.82, 2.24) is 0 Å². The molecule has 2 fully saturated rings. The van der Waals surface area contributed by atoms with E-state index in [0.29, 0.717) is 6.61 Å². The van der Waals surface area contributed by atoms with Crippen LogP contribution in [0.15, 0.2) is 59.5 Å². The molecule has 4 atom stereocenters. The van der Waals surface area contributed by atoms with Crippen molar-refractivity contribution in [3.8, 4) is 0 Å². The van der Waals surface area contributed by atoms with Crippen molar-refractivity contribution in [2.24, 2.45) is 0 Å². The minimum Gasteiger partial charge on any atom is -0.414 e. The lowest BCUT2D eigenvalue weighted by Crippen LogP contribution is -2.43. The number of fused-ring (bicyclic) bond motifs is 1. The van der Waals surface area contributed by atoms with E-state index in [9.17, 15) is 8.42 Å². The van der Waals surface area contributed by atoms with Gasteiger partial charge >= 0.3 is 0 Å². The van der Waals surface area contributed by atoms with Crippen molar-refractivity contribution in [3.05, 3.63) is 65.7 Å². The van der Waals surface area contributed by atoms with Gasteiger partial charge in [0.1, 0.15) is 18.3 Å². The summed E-state index contributed by atoms with van der Waals surface area (Å²) in [4.78, 5) is -1.15. The first-order valence-corrected chi connectivity index (χ1v) is 15.1. The number of rotatable bonds is 6. The standard InChI is InChI=1S/C24H32O5SSi/c1-17-12-14-19(15-13-17)30(25,26)24-21(18-10-8-7-9-11-18)28-20(22(24)29-24)16-27-31(5,6)23(2,3)4/h7-15,20-22H,16H2,1-6H3/t20-,21+,22-,24-/m0/s1. The summed E-state index contributed by atoms with van der Waals surface area (Å²) in [6.07, 6.45) is -1.67. The number of epoxide rings is 1. The Bertz CT molecular complexity index is 1040. The second-order valence-corrected chi connectivity index (χ2v) is 17.0. The minimum atomic E-state index is -3.78. The zero-order valence-electron chi connectivity index (χ0n) is 19.1. The third-order valence-electron chi connectivity index (χ3n) is 6.93. The summed E-state index contributed by atoms with van der Waals surface area (Å²) in [6.45, 7) is 13.2. The smallest absolute Gasteiger partial charge is 0.233 e. The van der Waals surface area contributed by atoms with Crippen molar-refractivity contribution < 1.29 is 22.3 Å². The topological polar surface area (TPSA) is 65.1 Å². The van der Waals surface area contributed by atoms with Crippen molar-refractivity contribution in [1.29, 1.82) is 0 Å². The second kappa shape index (κ2) is 7.52. The molecule has 168 valence electrons. The van der Waals surface area contributed by atoms with Gasteiger partial charge in [-0.2, -0.15) is 0 Å². The van der Waals surface area contributed by atoms with Gasteiger partial charge in [0.2, 0.25) is 14.8 Å². The van der Waals surface area contributed by atoms with Crippen LogP contribution in [0.4, 0.5) is 0 Å². The largest absolute Gasteiger partial charge is 0.414 e. The molecule has 0 amide bonds. The average Bonchev–Trinajstić information content (AvgIpc) is 3.38. The molecule has 2 aliphatic heterocycles. The third-order valence-corrected chi connectivity index (χ3v) is 13.7. The van der Waals surface area contributed by atoms with Crippen LogP contribution >= 0.6 is 0 Å². The maximum absolute atomic E-state index is 13.8. The number of ether oxygens (including phenoxy) is 2. The van der Waals surface area contributed by atoms with Crippen LogP contribution in [-0.2, 0) is 23.7 Å². The van der Waals surface area contributed by atoms with Crippen molar-refractivity contribution in [2.75, 3.05) is 6.61 Å². The van der Waals surface area contributed by atoms with Gasteiger partial charge in [0, 0.05) is 0 Å². The SMILES string of the molecule is Cc1ccc(S(=O)(=O)[C@]23O[C@H]2[C@H](CO[Si](C)(C)C(C)(C)C)O[C@@H]3c2ccccc2)cc1.